The first-order valence-electron chi connectivity index (χ1n) is 9.59. The molecule has 2 rings (SSSR count). The fourth-order valence-corrected chi connectivity index (χ4v) is 3.72. The molecule has 0 saturated carbocycles. The van der Waals surface area contributed by atoms with Crippen LogP contribution in [0.2, 0.25) is 0 Å². The quantitative estimate of drug-likeness (QED) is 0.272. The molecule has 0 spiro atoms. The van der Waals surface area contributed by atoms with Crippen LogP contribution in [0.4, 0.5) is 0 Å². The lowest BCUT2D eigenvalue weighted by molar-refractivity contribution is -0.129. The van der Waals surface area contributed by atoms with Gasteiger partial charge in [-0.3, -0.25) is 9.79 Å². The van der Waals surface area contributed by atoms with Crippen molar-refractivity contribution in [2.75, 3.05) is 46.3 Å². The van der Waals surface area contributed by atoms with E-state index >= 15 is 0 Å². The second-order valence-corrected chi connectivity index (χ2v) is 7.22. The van der Waals surface area contributed by atoms with Crippen LogP contribution >= 0.6 is 24.0 Å². The van der Waals surface area contributed by atoms with Gasteiger partial charge < -0.3 is 20.4 Å². The average molecular weight is 465 g/mol. The largest absolute Gasteiger partial charge is 0.356 e. The highest BCUT2D eigenvalue weighted by Crippen LogP contribution is 2.15. The topological polar surface area (TPSA) is 60.0 Å². The summed E-state index contributed by atoms with van der Waals surface area (Å²) in [5.41, 5.74) is 0. The Labute approximate surface area is 170 Å². The number of carbonyl (C=O) groups is 1. The Balaban J connectivity index is 0.00000312. The highest BCUT2D eigenvalue weighted by molar-refractivity contribution is 14.0. The molecular weight excluding hydrogens is 429 g/mol. The summed E-state index contributed by atoms with van der Waals surface area (Å²) in [5, 5.41) is 6.87. The Hall–Kier alpha value is -0.570. The summed E-state index contributed by atoms with van der Waals surface area (Å²) >= 11 is 0. The number of hydrogen-bond donors (Lipinski definition) is 2. The molecule has 6 nitrogen and oxygen atoms in total. The molecule has 25 heavy (non-hydrogen) atoms. The minimum atomic E-state index is 0. The van der Waals surface area contributed by atoms with Crippen molar-refractivity contribution >= 4 is 35.8 Å². The predicted molar refractivity (Wildman–Crippen MR) is 115 cm³/mol. The number of carbonyl (C=O) groups excluding carboxylic acids is 1. The summed E-state index contributed by atoms with van der Waals surface area (Å²) in [6, 6.07) is 0.314. The van der Waals surface area contributed by atoms with Gasteiger partial charge in [0, 0.05) is 45.7 Å². The summed E-state index contributed by atoms with van der Waals surface area (Å²) in [6.45, 7) is 10.5. The van der Waals surface area contributed by atoms with E-state index in [1.807, 2.05) is 18.9 Å². The van der Waals surface area contributed by atoms with Gasteiger partial charge in [0.25, 0.3) is 0 Å². The molecule has 0 radical (unpaired) electrons. The first kappa shape index (κ1) is 22.5. The lowest BCUT2D eigenvalue weighted by Crippen LogP contribution is -2.45. The number of aliphatic imine (C=N–C) groups is 1. The normalized spacial score (nSPS) is 24.8. The van der Waals surface area contributed by atoms with Gasteiger partial charge in [0.05, 0.1) is 0 Å². The van der Waals surface area contributed by atoms with Gasteiger partial charge in [-0.1, -0.05) is 13.8 Å². The molecule has 0 aromatic rings. The smallest absolute Gasteiger partial charge is 0.222 e. The van der Waals surface area contributed by atoms with Crippen molar-refractivity contribution in [1.82, 2.24) is 20.4 Å². The molecule has 2 atom stereocenters. The number of nitrogens with zero attached hydrogens (tertiary/aromatic N) is 3. The van der Waals surface area contributed by atoms with Gasteiger partial charge in [-0.05, 0) is 44.7 Å². The third-order valence-electron chi connectivity index (χ3n) is 5.09. The van der Waals surface area contributed by atoms with Crippen LogP contribution in [-0.4, -0.2) is 74.0 Å². The lowest BCUT2D eigenvalue weighted by atomic mass is 10.0. The van der Waals surface area contributed by atoms with Gasteiger partial charge in [-0.15, -0.1) is 24.0 Å². The molecule has 2 unspecified atom stereocenters. The van der Waals surface area contributed by atoms with E-state index in [-0.39, 0.29) is 29.9 Å². The van der Waals surface area contributed by atoms with Crippen molar-refractivity contribution < 1.29 is 4.79 Å². The van der Waals surface area contributed by atoms with E-state index in [2.05, 4.69) is 27.4 Å². The number of hydrogen-bond acceptors (Lipinski definition) is 3. The molecule has 146 valence electrons. The highest BCUT2D eigenvalue weighted by atomic mass is 127. The Kier molecular flexibility index (Phi) is 10.7. The second-order valence-electron chi connectivity index (χ2n) is 7.22. The maximum atomic E-state index is 11.7. The van der Waals surface area contributed by atoms with Crippen LogP contribution in [0.15, 0.2) is 4.99 Å². The van der Waals surface area contributed by atoms with E-state index in [1.165, 1.54) is 25.9 Å². The fraction of sp³-hybridized carbons (Fsp3) is 0.889. The summed E-state index contributed by atoms with van der Waals surface area (Å²) < 4.78 is 0. The standard InChI is InChI=1S/C18H35N5O.HI/c1-4-17(24)23-12-8-16(14-23)21-18(19-3)20-9-6-11-22-10-5-7-15(2)13-22;/h15-16H,4-14H2,1-3H3,(H2,19,20,21);1H. The number of rotatable bonds is 6. The second kappa shape index (κ2) is 11.9. The Bertz CT molecular complexity index is 432. The molecule has 0 bridgehead atoms. The third kappa shape index (κ3) is 7.68. The van der Waals surface area contributed by atoms with Crippen LogP contribution in [0.3, 0.4) is 0 Å². The minimum Gasteiger partial charge on any atom is -0.356 e. The molecule has 0 aliphatic carbocycles. The van der Waals surface area contributed by atoms with E-state index in [0.29, 0.717) is 12.5 Å². The summed E-state index contributed by atoms with van der Waals surface area (Å²) in [7, 11) is 1.81. The van der Waals surface area contributed by atoms with Crippen molar-refractivity contribution in [1.29, 1.82) is 0 Å². The number of likely N-dealkylation sites (tertiary alicyclic amines) is 2. The molecule has 0 aromatic carbocycles. The van der Waals surface area contributed by atoms with E-state index < -0.39 is 0 Å². The van der Waals surface area contributed by atoms with Crippen LogP contribution in [-0.2, 0) is 4.79 Å². The molecule has 1 amide bonds. The Morgan fingerprint density at radius 1 is 1.24 bits per heavy atom. The molecule has 2 saturated heterocycles. The highest BCUT2D eigenvalue weighted by Gasteiger charge is 2.25. The first-order chi connectivity index (χ1) is 11.6. The SMILES string of the molecule is CCC(=O)N1CCC(NC(=NC)NCCCN2CCCC(C)C2)C1.I. The summed E-state index contributed by atoms with van der Waals surface area (Å²) in [6.07, 6.45) is 5.45. The molecule has 2 fully saturated rings. The van der Waals surface area contributed by atoms with Crippen molar-refractivity contribution in [2.45, 2.75) is 52.0 Å². The van der Waals surface area contributed by atoms with Crippen LogP contribution in [0.1, 0.15) is 46.0 Å². The van der Waals surface area contributed by atoms with Crippen molar-refractivity contribution in [3.8, 4) is 0 Å². The van der Waals surface area contributed by atoms with E-state index in [0.717, 1.165) is 50.9 Å². The van der Waals surface area contributed by atoms with Gasteiger partial charge in [0.2, 0.25) is 5.91 Å². The maximum absolute atomic E-state index is 11.7. The monoisotopic (exact) mass is 465 g/mol. The number of amides is 1. The number of guanidine groups is 1. The van der Waals surface area contributed by atoms with Crippen molar-refractivity contribution in [2.24, 2.45) is 10.9 Å². The number of halogens is 1. The summed E-state index contributed by atoms with van der Waals surface area (Å²) in [4.78, 5) is 20.6. The van der Waals surface area contributed by atoms with Crippen LogP contribution < -0.4 is 10.6 Å². The predicted octanol–water partition coefficient (Wildman–Crippen LogP) is 1.90. The minimum absolute atomic E-state index is 0. The van der Waals surface area contributed by atoms with Crippen LogP contribution in [0.5, 0.6) is 0 Å². The van der Waals surface area contributed by atoms with Gasteiger partial charge in [0.1, 0.15) is 0 Å². The van der Waals surface area contributed by atoms with Crippen LogP contribution in [0, 0.1) is 5.92 Å². The van der Waals surface area contributed by atoms with Gasteiger partial charge in [-0.25, -0.2) is 0 Å². The molecule has 2 aliphatic rings. The number of nitrogens with one attached hydrogen (secondary N) is 2. The zero-order chi connectivity index (χ0) is 17.4. The zero-order valence-corrected chi connectivity index (χ0v) is 18.4. The van der Waals surface area contributed by atoms with Crippen molar-refractivity contribution in [3.05, 3.63) is 0 Å². The van der Waals surface area contributed by atoms with Gasteiger partial charge in [0.15, 0.2) is 5.96 Å². The molecule has 2 N–H and O–H groups in total. The average Bonchev–Trinajstić information content (AvgIpc) is 3.05. The summed E-state index contributed by atoms with van der Waals surface area (Å²) in [5.74, 6) is 1.95. The fourth-order valence-electron chi connectivity index (χ4n) is 3.72. The van der Waals surface area contributed by atoms with Crippen molar-refractivity contribution in [3.63, 3.8) is 0 Å². The Morgan fingerprint density at radius 3 is 2.72 bits per heavy atom. The molecule has 2 aliphatic heterocycles. The Morgan fingerprint density at radius 2 is 2.04 bits per heavy atom. The molecule has 2 heterocycles. The number of piperidine rings is 1. The molecule has 0 aromatic heterocycles. The van der Waals surface area contributed by atoms with E-state index in [9.17, 15) is 4.79 Å². The van der Waals surface area contributed by atoms with Gasteiger partial charge in [-0.2, -0.15) is 0 Å². The lowest BCUT2D eigenvalue weighted by Gasteiger charge is -2.30. The van der Waals surface area contributed by atoms with Gasteiger partial charge >= 0.3 is 0 Å². The molecule has 7 heteroatoms. The van der Waals surface area contributed by atoms with Crippen LogP contribution in [0.25, 0.3) is 0 Å². The molecular formula is C18H36IN5O. The van der Waals surface area contributed by atoms with E-state index in [1.54, 1.807) is 0 Å². The zero-order valence-electron chi connectivity index (χ0n) is 16.1. The third-order valence-corrected chi connectivity index (χ3v) is 5.09. The maximum Gasteiger partial charge on any atom is 0.222 e. The van der Waals surface area contributed by atoms with E-state index in [4.69, 9.17) is 0 Å². The first-order valence-corrected chi connectivity index (χ1v) is 9.59.